The molecule has 2 N–H and O–H groups in total. The van der Waals surface area contributed by atoms with Gasteiger partial charge in [-0.1, -0.05) is 12.1 Å². The fraction of sp³-hybridized carbons (Fsp3) is 0.467. The number of fused-ring (bicyclic) bond motifs is 1. The van der Waals surface area contributed by atoms with E-state index in [9.17, 15) is 9.59 Å². The van der Waals surface area contributed by atoms with E-state index in [0.717, 1.165) is 24.9 Å². The predicted octanol–water partition coefficient (Wildman–Crippen LogP) is 2.22. The van der Waals surface area contributed by atoms with E-state index in [1.165, 1.54) is 17.5 Å². The van der Waals surface area contributed by atoms with Crippen LogP contribution in [0.15, 0.2) is 18.2 Å². The molecule has 2 aliphatic rings. The Bertz CT molecular complexity index is 538. The molecule has 0 spiro atoms. The number of aryl methyl sites for hydroxylation is 1. The molecule has 2 unspecified atom stereocenters. The number of rotatable bonds is 3. The van der Waals surface area contributed by atoms with E-state index in [1.807, 2.05) is 12.1 Å². The van der Waals surface area contributed by atoms with Gasteiger partial charge in [0.2, 0.25) is 5.91 Å². The number of carbonyl (C=O) groups excluding carboxylic acids is 1. The summed E-state index contributed by atoms with van der Waals surface area (Å²) >= 11 is 0. The van der Waals surface area contributed by atoms with Crippen LogP contribution in [0, 0.1) is 11.8 Å². The molecule has 2 atom stereocenters. The van der Waals surface area contributed by atoms with Crippen LogP contribution in [-0.2, 0) is 22.4 Å². The smallest absolute Gasteiger partial charge is 0.307 e. The molecule has 4 nitrogen and oxygen atoms in total. The molecule has 1 saturated carbocycles. The normalized spacial score (nSPS) is 24.4. The SMILES string of the molecule is O=C(O)C1CC1C(=O)Nc1cccc2c1CCCC2. The summed E-state index contributed by atoms with van der Waals surface area (Å²) in [6.07, 6.45) is 4.89. The third-order valence-electron chi connectivity index (χ3n) is 4.10. The van der Waals surface area contributed by atoms with Crippen LogP contribution in [0.3, 0.4) is 0 Å². The molecule has 0 radical (unpaired) electrons. The molecule has 0 bridgehead atoms. The van der Waals surface area contributed by atoms with E-state index in [2.05, 4.69) is 11.4 Å². The lowest BCUT2D eigenvalue weighted by molar-refractivity contribution is -0.139. The summed E-state index contributed by atoms with van der Waals surface area (Å²) in [7, 11) is 0. The second kappa shape index (κ2) is 4.68. The maximum absolute atomic E-state index is 12.0. The minimum absolute atomic E-state index is 0.147. The summed E-state index contributed by atoms with van der Waals surface area (Å²) < 4.78 is 0. The number of hydrogen-bond acceptors (Lipinski definition) is 2. The molecule has 0 aliphatic heterocycles. The van der Waals surface area contributed by atoms with Crippen molar-refractivity contribution in [3.8, 4) is 0 Å². The zero-order valence-electron chi connectivity index (χ0n) is 10.7. The monoisotopic (exact) mass is 259 g/mol. The van der Waals surface area contributed by atoms with Crippen molar-refractivity contribution in [2.45, 2.75) is 32.1 Å². The van der Waals surface area contributed by atoms with Crippen molar-refractivity contribution in [2.24, 2.45) is 11.8 Å². The first-order valence-electron chi connectivity index (χ1n) is 6.81. The van der Waals surface area contributed by atoms with E-state index in [1.54, 1.807) is 0 Å². The summed E-state index contributed by atoms with van der Waals surface area (Å²) in [5.74, 6) is -1.85. The molecule has 1 amide bonds. The molecule has 0 saturated heterocycles. The zero-order valence-corrected chi connectivity index (χ0v) is 10.7. The van der Waals surface area contributed by atoms with Gasteiger partial charge in [0.25, 0.3) is 0 Å². The van der Waals surface area contributed by atoms with Crippen LogP contribution in [0.2, 0.25) is 0 Å². The van der Waals surface area contributed by atoms with Gasteiger partial charge in [0.15, 0.2) is 0 Å². The molecule has 1 fully saturated rings. The van der Waals surface area contributed by atoms with Crippen LogP contribution in [-0.4, -0.2) is 17.0 Å². The summed E-state index contributed by atoms with van der Waals surface area (Å²) in [4.78, 5) is 22.8. The van der Waals surface area contributed by atoms with E-state index >= 15 is 0 Å². The van der Waals surface area contributed by atoms with Crippen molar-refractivity contribution in [1.29, 1.82) is 0 Å². The third-order valence-corrected chi connectivity index (χ3v) is 4.10. The number of amides is 1. The fourth-order valence-electron chi connectivity index (χ4n) is 2.88. The van der Waals surface area contributed by atoms with Gasteiger partial charge in [0, 0.05) is 5.69 Å². The summed E-state index contributed by atoms with van der Waals surface area (Å²) in [5.41, 5.74) is 3.42. The first-order valence-corrected chi connectivity index (χ1v) is 6.81. The number of nitrogens with one attached hydrogen (secondary N) is 1. The van der Waals surface area contributed by atoms with Crippen molar-refractivity contribution < 1.29 is 14.7 Å². The standard InChI is InChI=1S/C15H17NO3/c17-14(11-8-12(11)15(18)19)16-13-7-3-5-9-4-1-2-6-10(9)13/h3,5,7,11-12H,1-2,4,6,8H2,(H,16,17)(H,18,19). The highest BCUT2D eigenvalue weighted by Crippen LogP contribution is 2.40. The van der Waals surface area contributed by atoms with Crippen LogP contribution in [0.1, 0.15) is 30.4 Å². The van der Waals surface area contributed by atoms with Crippen LogP contribution in [0.25, 0.3) is 0 Å². The lowest BCUT2D eigenvalue weighted by Crippen LogP contribution is -2.19. The van der Waals surface area contributed by atoms with E-state index in [0.29, 0.717) is 6.42 Å². The molecular formula is C15H17NO3. The molecule has 0 aromatic heterocycles. The number of carboxylic acid groups (broad SMARTS) is 1. The van der Waals surface area contributed by atoms with Crippen molar-refractivity contribution in [3.63, 3.8) is 0 Å². The lowest BCUT2D eigenvalue weighted by Gasteiger charge is -2.19. The van der Waals surface area contributed by atoms with Crippen LogP contribution >= 0.6 is 0 Å². The Kier molecular flexibility index (Phi) is 3.01. The average Bonchev–Trinajstić information content (AvgIpc) is 3.19. The van der Waals surface area contributed by atoms with Crippen LogP contribution < -0.4 is 5.32 Å². The van der Waals surface area contributed by atoms with Gasteiger partial charge in [-0.2, -0.15) is 0 Å². The topological polar surface area (TPSA) is 66.4 Å². The molecule has 100 valence electrons. The highest BCUT2D eigenvalue weighted by Gasteiger charge is 2.48. The lowest BCUT2D eigenvalue weighted by atomic mass is 9.90. The molecule has 3 rings (SSSR count). The van der Waals surface area contributed by atoms with E-state index in [4.69, 9.17) is 5.11 Å². The number of anilines is 1. The number of carbonyl (C=O) groups is 2. The summed E-state index contributed by atoms with van der Waals surface area (Å²) in [6, 6.07) is 5.99. The molecule has 1 aromatic rings. The Morgan fingerprint density at radius 2 is 1.95 bits per heavy atom. The minimum Gasteiger partial charge on any atom is -0.481 e. The van der Waals surface area contributed by atoms with Gasteiger partial charge in [-0.05, 0) is 49.3 Å². The Morgan fingerprint density at radius 3 is 2.68 bits per heavy atom. The second-order valence-corrected chi connectivity index (χ2v) is 5.43. The Morgan fingerprint density at radius 1 is 1.16 bits per heavy atom. The zero-order chi connectivity index (χ0) is 13.4. The van der Waals surface area contributed by atoms with Gasteiger partial charge >= 0.3 is 5.97 Å². The Balaban J connectivity index is 1.74. The van der Waals surface area contributed by atoms with Gasteiger partial charge in [-0.15, -0.1) is 0 Å². The molecule has 2 aliphatic carbocycles. The third kappa shape index (κ3) is 2.35. The Labute approximate surface area is 111 Å². The highest BCUT2D eigenvalue weighted by molar-refractivity contribution is 5.98. The minimum atomic E-state index is -0.866. The van der Waals surface area contributed by atoms with Crippen molar-refractivity contribution in [3.05, 3.63) is 29.3 Å². The van der Waals surface area contributed by atoms with Crippen LogP contribution in [0.5, 0.6) is 0 Å². The second-order valence-electron chi connectivity index (χ2n) is 5.43. The highest BCUT2D eigenvalue weighted by atomic mass is 16.4. The van der Waals surface area contributed by atoms with Gasteiger partial charge < -0.3 is 10.4 Å². The van der Waals surface area contributed by atoms with E-state index in [-0.39, 0.29) is 11.8 Å². The number of benzene rings is 1. The number of hydrogen-bond donors (Lipinski definition) is 2. The fourth-order valence-corrected chi connectivity index (χ4v) is 2.88. The molecule has 1 aromatic carbocycles. The maximum atomic E-state index is 12.0. The van der Waals surface area contributed by atoms with Crippen molar-refractivity contribution in [1.82, 2.24) is 0 Å². The number of aliphatic carboxylic acids is 1. The predicted molar refractivity (Wildman–Crippen MR) is 70.9 cm³/mol. The van der Waals surface area contributed by atoms with Crippen molar-refractivity contribution in [2.75, 3.05) is 5.32 Å². The maximum Gasteiger partial charge on any atom is 0.307 e. The summed E-state index contributed by atoms with van der Waals surface area (Å²) in [6.45, 7) is 0. The van der Waals surface area contributed by atoms with Crippen molar-refractivity contribution >= 4 is 17.6 Å². The summed E-state index contributed by atoms with van der Waals surface area (Å²) in [5, 5.41) is 11.8. The molecule has 0 heterocycles. The van der Waals surface area contributed by atoms with E-state index < -0.39 is 11.9 Å². The molecular weight excluding hydrogens is 242 g/mol. The van der Waals surface area contributed by atoms with Gasteiger partial charge in [-0.25, -0.2) is 0 Å². The molecule has 19 heavy (non-hydrogen) atoms. The number of carboxylic acids is 1. The van der Waals surface area contributed by atoms with Crippen LogP contribution in [0.4, 0.5) is 5.69 Å². The largest absolute Gasteiger partial charge is 0.481 e. The van der Waals surface area contributed by atoms with Gasteiger partial charge in [0.1, 0.15) is 0 Å². The quantitative estimate of drug-likeness (QED) is 0.874. The average molecular weight is 259 g/mol. The van der Waals surface area contributed by atoms with Gasteiger partial charge in [-0.3, -0.25) is 9.59 Å². The first kappa shape index (κ1) is 12.2. The first-order chi connectivity index (χ1) is 9.16. The molecule has 4 heteroatoms. The Hall–Kier alpha value is -1.84. The van der Waals surface area contributed by atoms with Gasteiger partial charge in [0.05, 0.1) is 11.8 Å².